The van der Waals surface area contributed by atoms with Crippen LogP contribution in [0.15, 0.2) is 12.2 Å². The number of nitrogens with one attached hydrogen (secondary N) is 2. The highest BCUT2D eigenvalue weighted by Crippen LogP contribution is 2.16. The van der Waals surface area contributed by atoms with Gasteiger partial charge in [-0.1, -0.05) is 19.9 Å². The van der Waals surface area contributed by atoms with Crippen LogP contribution >= 0.6 is 0 Å². The Kier molecular flexibility index (Phi) is 8.90. The molecule has 6 nitrogen and oxygen atoms in total. The molecule has 0 heterocycles. The van der Waals surface area contributed by atoms with E-state index >= 15 is 0 Å². The van der Waals surface area contributed by atoms with Crippen molar-refractivity contribution in [3.63, 3.8) is 0 Å². The van der Waals surface area contributed by atoms with Crippen molar-refractivity contribution in [1.29, 1.82) is 0 Å². The number of carbonyl (C=O) groups is 2. The van der Waals surface area contributed by atoms with Crippen LogP contribution in [0.25, 0.3) is 0 Å². The zero-order chi connectivity index (χ0) is 18.1. The van der Waals surface area contributed by atoms with Gasteiger partial charge in [-0.15, -0.1) is 0 Å². The lowest BCUT2D eigenvalue weighted by Gasteiger charge is -2.29. The molecule has 0 aliphatic carbocycles. The summed E-state index contributed by atoms with van der Waals surface area (Å²) >= 11 is 0. The molecule has 0 saturated carbocycles. The summed E-state index contributed by atoms with van der Waals surface area (Å²) in [6.45, 7) is 12.6. The number of carboxylic acid groups (broad SMARTS) is 1. The van der Waals surface area contributed by atoms with Gasteiger partial charge in [0.2, 0.25) is 5.91 Å². The Hall–Kier alpha value is -1.56. The molecule has 3 N–H and O–H groups in total. The van der Waals surface area contributed by atoms with Crippen molar-refractivity contribution < 1.29 is 19.4 Å². The first-order chi connectivity index (χ1) is 10.4. The third kappa shape index (κ3) is 12.6. The lowest BCUT2D eigenvalue weighted by Crippen LogP contribution is -2.44. The maximum atomic E-state index is 11.6. The maximum absolute atomic E-state index is 11.6. The monoisotopic (exact) mass is 328 g/mol. The van der Waals surface area contributed by atoms with E-state index in [0.29, 0.717) is 31.9 Å². The molecule has 0 aromatic rings. The molecule has 0 bridgehead atoms. The summed E-state index contributed by atoms with van der Waals surface area (Å²) in [7, 11) is 0. The number of hydrogen-bond acceptors (Lipinski definition) is 3. The highest BCUT2D eigenvalue weighted by molar-refractivity contribution is 5.87. The van der Waals surface area contributed by atoms with Crippen molar-refractivity contribution in [2.24, 2.45) is 5.92 Å². The summed E-state index contributed by atoms with van der Waals surface area (Å²) in [6, 6.07) is 0. The van der Waals surface area contributed by atoms with Gasteiger partial charge in [0.1, 0.15) is 0 Å². The minimum absolute atomic E-state index is 0.0960. The Balaban J connectivity index is 4.05. The molecule has 0 spiro atoms. The average Bonchev–Trinajstić information content (AvgIpc) is 2.33. The first-order valence-electron chi connectivity index (χ1n) is 8.05. The molecule has 0 aliphatic heterocycles. The molecule has 0 aliphatic rings. The molecule has 2 amide bonds. The van der Waals surface area contributed by atoms with Crippen molar-refractivity contribution in [2.45, 2.75) is 65.5 Å². The van der Waals surface area contributed by atoms with Gasteiger partial charge in [-0.3, -0.25) is 4.79 Å². The van der Waals surface area contributed by atoms with Crippen LogP contribution in [0.5, 0.6) is 0 Å². The van der Waals surface area contributed by atoms with E-state index < -0.39 is 11.6 Å². The van der Waals surface area contributed by atoms with Gasteiger partial charge in [-0.2, -0.15) is 0 Å². The Morgan fingerprint density at radius 2 is 1.78 bits per heavy atom. The normalized spacial score (nSPS) is 12.7. The van der Waals surface area contributed by atoms with E-state index in [1.54, 1.807) is 6.08 Å². The summed E-state index contributed by atoms with van der Waals surface area (Å²) in [4.78, 5) is 22.3. The molecule has 0 rings (SSSR count). The van der Waals surface area contributed by atoms with Gasteiger partial charge >= 0.3 is 6.09 Å². The molecular weight excluding hydrogens is 296 g/mol. The van der Waals surface area contributed by atoms with E-state index in [2.05, 4.69) is 10.6 Å². The second kappa shape index (κ2) is 9.55. The van der Waals surface area contributed by atoms with Gasteiger partial charge in [-0.05, 0) is 52.5 Å². The second-order valence-corrected chi connectivity index (χ2v) is 7.32. The van der Waals surface area contributed by atoms with Crippen molar-refractivity contribution in [3.8, 4) is 0 Å². The Morgan fingerprint density at radius 3 is 2.30 bits per heavy atom. The van der Waals surface area contributed by atoms with E-state index in [1.807, 2.05) is 47.6 Å². The molecule has 0 aromatic heterocycles. The summed E-state index contributed by atoms with van der Waals surface area (Å²) in [5.41, 5.74) is -0.911. The van der Waals surface area contributed by atoms with Crippen molar-refractivity contribution >= 4 is 12.0 Å². The fourth-order valence-corrected chi connectivity index (χ4v) is 1.83. The first-order valence-corrected chi connectivity index (χ1v) is 8.05. The molecule has 0 saturated heterocycles. The summed E-state index contributed by atoms with van der Waals surface area (Å²) in [5.74, 6) is 0.254. The molecule has 134 valence electrons. The highest BCUT2D eigenvalue weighted by atomic mass is 16.5. The van der Waals surface area contributed by atoms with Crippen LogP contribution < -0.4 is 10.6 Å². The Labute approximate surface area is 139 Å². The van der Waals surface area contributed by atoms with Gasteiger partial charge < -0.3 is 20.5 Å². The van der Waals surface area contributed by atoms with Gasteiger partial charge in [-0.25, -0.2) is 4.79 Å². The number of ether oxygens (including phenoxy) is 1. The number of rotatable bonds is 10. The molecular formula is C17H32N2O4. The van der Waals surface area contributed by atoms with Crippen molar-refractivity contribution in [3.05, 3.63) is 12.2 Å². The molecule has 23 heavy (non-hydrogen) atoms. The zero-order valence-corrected chi connectivity index (χ0v) is 15.2. The van der Waals surface area contributed by atoms with Crippen LogP contribution in [0.2, 0.25) is 0 Å². The SMILES string of the molecule is CC(C)/C=C/C(=O)NCCC(C)(C)OCCC(C)(C)NC(=O)O. The molecule has 0 radical (unpaired) electrons. The highest BCUT2D eigenvalue weighted by Gasteiger charge is 2.23. The Bertz CT molecular complexity index is 415. The molecule has 0 unspecified atom stereocenters. The zero-order valence-electron chi connectivity index (χ0n) is 15.2. The van der Waals surface area contributed by atoms with Gasteiger partial charge in [0.25, 0.3) is 0 Å². The van der Waals surface area contributed by atoms with Gasteiger partial charge in [0.15, 0.2) is 0 Å². The number of carbonyl (C=O) groups excluding carboxylic acids is 1. The third-order valence-electron chi connectivity index (χ3n) is 3.32. The number of allylic oxidation sites excluding steroid dienone is 1. The summed E-state index contributed by atoms with van der Waals surface area (Å²) in [5, 5.41) is 14.0. The molecule has 0 aromatic carbocycles. The lowest BCUT2D eigenvalue weighted by molar-refractivity contribution is -0.116. The smallest absolute Gasteiger partial charge is 0.405 e. The van der Waals surface area contributed by atoms with E-state index in [4.69, 9.17) is 9.84 Å². The number of amides is 2. The van der Waals surface area contributed by atoms with Crippen LogP contribution in [0.1, 0.15) is 54.4 Å². The molecule has 0 atom stereocenters. The van der Waals surface area contributed by atoms with Crippen molar-refractivity contribution in [2.75, 3.05) is 13.2 Å². The van der Waals surface area contributed by atoms with Crippen LogP contribution in [0, 0.1) is 5.92 Å². The first kappa shape index (κ1) is 21.4. The van der Waals surface area contributed by atoms with E-state index in [9.17, 15) is 9.59 Å². The van der Waals surface area contributed by atoms with E-state index in [1.165, 1.54) is 0 Å². The predicted octanol–water partition coefficient (Wildman–Crippen LogP) is 2.94. The minimum Gasteiger partial charge on any atom is -0.465 e. The lowest BCUT2D eigenvalue weighted by atomic mass is 10.0. The quantitative estimate of drug-likeness (QED) is 0.538. The van der Waals surface area contributed by atoms with Crippen LogP contribution in [-0.2, 0) is 9.53 Å². The summed E-state index contributed by atoms with van der Waals surface area (Å²) in [6.07, 6.45) is 3.63. The topological polar surface area (TPSA) is 87.7 Å². The van der Waals surface area contributed by atoms with E-state index in [0.717, 1.165) is 0 Å². The van der Waals surface area contributed by atoms with Crippen LogP contribution in [0.3, 0.4) is 0 Å². The van der Waals surface area contributed by atoms with Crippen LogP contribution in [-0.4, -0.2) is 41.4 Å². The maximum Gasteiger partial charge on any atom is 0.405 e. The third-order valence-corrected chi connectivity index (χ3v) is 3.32. The fourth-order valence-electron chi connectivity index (χ4n) is 1.83. The fraction of sp³-hybridized carbons (Fsp3) is 0.765. The van der Waals surface area contributed by atoms with Crippen molar-refractivity contribution in [1.82, 2.24) is 10.6 Å². The molecule has 6 heteroatoms. The minimum atomic E-state index is -1.04. The van der Waals surface area contributed by atoms with E-state index in [-0.39, 0.29) is 11.5 Å². The van der Waals surface area contributed by atoms with Gasteiger partial charge in [0.05, 0.1) is 5.60 Å². The summed E-state index contributed by atoms with van der Waals surface area (Å²) < 4.78 is 5.82. The standard InChI is InChI=1S/C17H32N2O4/c1-13(2)7-8-14(20)18-11-9-17(5,6)23-12-10-16(3,4)19-15(21)22/h7-8,13,19H,9-12H2,1-6H3,(H,18,20)(H,21,22)/b8-7+. The predicted molar refractivity (Wildman–Crippen MR) is 91.5 cm³/mol. The second-order valence-electron chi connectivity index (χ2n) is 7.32. The molecule has 0 fully saturated rings. The van der Waals surface area contributed by atoms with Gasteiger partial charge in [0, 0.05) is 18.7 Å². The van der Waals surface area contributed by atoms with Crippen LogP contribution in [0.4, 0.5) is 4.79 Å². The largest absolute Gasteiger partial charge is 0.465 e. The number of hydrogen-bond donors (Lipinski definition) is 3. The Morgan fingerprint density at radius 1 is 1.17 bits per heavy atom. The average molecular weight is 328 g/mol.